The second-order valence-corrected chi connectivity index (χ2v) is 6.79. The van der Waals surface area contributed by atoms with Gasteiger partial charge in [-0.1, -0.05) is 28.4 Å². The van der Waals surface area contributed by atoms with Crippen molar-refractivity contribution in [1.29, 1.82) is 0 Å². The average Bonchev–Trinajstić information content (AvgIpc) is 2.97. The lowest BCUT2D eigenvalue weighted by Crippen LogP contribution is -2.44. The van der Waals surface area contributed by atoms with Crippen molar-refractivity contribution in [3.05, 3.63) is 28.0 Å². The van der Waals surface area contributed by atoms with E-state index < -0.39 is 0 Å². The molecule has 1 atom stereocenters. The summed E-state index contributed by atoms with van der Waals surface area (Å²) in [4.78, 5) is 7.66. The minimum absolute atomic E-state index is 0. The van der Waals surface area contributed by atoms with Crippen LogP contribution in [0, 0.1) is 0 Å². The largest absolute Gasteiger partial charge is 0.334 e. The van der Waals surface area contributed by atoms with E-state index >= 15 is 0 Å². The van der Waals surface area contributed by atoms with Gasteiger partial charge in [-0.05, 0) is 25.4 Å². The number of aromatic nitrogens is 2. The molecule has 1 fully saturated rings. The number of hydrogen-bond donors (Lipinski definition) is 1. The zero-order chi connectivity index (χ0) is 15.7. The Balaban J connectivity index is 0.00000192. The zero-order valence-corrected chi connectivity index (χ0v) is 15.8. The van der Waals surface area contributed by atoms with Gasteiger partial charge >= 0.3 is 0 Å². The molecule has 1 aromatic carbocycles. The fourth-order valence-corrected chi connectivity index (χ4v) is 3.61. The van der Waals surface area contributed by atoms with Crippen LogP contribution in [-0.4, -0.2) is 48.0 Å². The van der Waals surface area contributed by atoms with Gasteiger partial charge in [-0.25, -0.2) is 0 Å². The van der Waals surface area contributed by atoms with Crippen molar-refractivity contribution < 1.29 is 4.52 Å². The van der Waals surface area contributed by atoms with Gasteiger partial charge in [0.25, 0.3) is 5.89 Å². The quantitative estimate of drug-likeness (QED) is 0.799. The molecule has 2 heterocycles. The van der Waals surface area contributed by atoms with Gasteiger partial charge in [0.15, 0.2) is 5.82 Å². The summed E-state index contributed by atoms with van der Waals surface area (Å²) in [7, 11) is 2.06. The van der Waals surface area contributed by atoms with E-state index in [9.17, 15) is 0 Å². The number of likely N-dealkylation sites (N-methyl/N-ethyl adjacent to an activating group) is 1. The smallest absolute Gasteiger partial charge is 0.259 e. The van der Waals surface area contributed by atoms with Gasteiger partial charge in [-0.15, -0.1) is 24.2 Å². The molecule has 1 aromatic heterocycles. The maximum atomic E-state index is 6.27. The Bertz CT molecular complexity index is 682. The molecule has 3 rings (SSSR count). The van der Waals surface area contributed by atoms with Crippen LogP contribution in [0.15, 0.2) is 21.6 Å². The molecular formula is C14H17Cl3N4OS. The molecule has 1 aliphatic rings. The normalized spacial score (nSPS) is 18.7. The molecular weight excluding hydrogens is 379 g/mol. The molecule has 5 nitrogen and oxygen atoms in total. The van der Waals surface area contributed by atoms with Crippen LogP contribution in [0.5, 0.6) is 0 Å². The Morgan fingerprint density at radius 1 is 1.35 bits per heavy atom. The highest BCUT2D eigenvalue weighted by Crippen LogP contribution is 2.36. The molecule has 126 valence electrons. The lowest BCUT2D eigenvalue weighted by molar-refractivity contribution is 0.190. The third kappa shape index (κ3) is 3.95. The Kier molecular flexibility index (Phi) is 6.59. The van der Waals surface area contributed by atoms with Crippen molar-refractivity contribution in [2.24, 2.45) is 0 Å². The molecule has 1 saturated heterocycles. The van der Waals surface area contributed by atoms with Gasteiger partial charge in [0, 0.05) is 24.5 Å². The van der Waals surface area contributed by atoms with Crippen molar-refractivity contribution in [2.45, 2.75) is 10.9 Å². The van der Waals surface area contributed by atoms with Crippen LogP contribution in [0.1, 0.15) is 11.9 Å². The van der Waals surface area contributed by atoms with E-state index in [1.807, 2.05) is 12.3 Å². The van der Waals surface area contributed by atoms with E-state index in [1.165, 1.54) is 0 Å². The molecule has 2 aromatic rings. The standard InChI is InChI=1S/C14H16Cl2N4OS.ClH/c1-20-4-3-17-7-11(20)13-18-14(21-19-13)8-5-12(22-2)10(16)6-9(8)15;/h5-6,11,17H,3-4,7H2,1-2H3;1H. The molecule has 23 heavy (non-hydrogen) atoms. The number of rotatable bonds is 3. The van der Waals surface area contributed by atoms with Crippen molar-refractivity contribution in [2.75, 3.05) is 32.9 Å². The van der Waals surface area contributed by atoms with Gasteiger partial charge in [0.1, 0.15) is 0 Å². The minimum Gasteiger partial charge on any atom is -0.334 e. The molecule has 0 saturated carbocycles. The number of halogens is 3. The summed E-state index contributed by atoms with van der Waals surface area (Å²) in [6.45, 7) is 2.73. The van der Waals surface area contributed by atoms with E-state index in [0.29, 0.717) is 27.3 Å². The summed E-state index contributed by atoms with van der Waals surface area (Å²) in [5.74, 6) is 1.09. The SMILES string of the molecule is CSc1cc(-c2nc(C3CNCCN3C)no2)c(Cl)cc1Cl.Cl. The highest BCUT2D eigenvalue weighted by atomic mass is 35.5. The average molecular weight is 396 g/mol. The van der Waals surface area contributed by atoms with E-state index in [0.717, 1.165) is 24.5 Å². The van der Waals surface area contributed by atoms with Crippen LogP contribution < -0.4 is 5.32 Å². The molecule has 0 radical (unpaired) electrons. The summed E-state index contributed by atoms with van der Waals surface area (Å²) >= 11 is 14.0. The number of nitrogens with one attached hydrogen (secondary N) is 1. The first-order chi connectivity index (χ1) is 10.6. The molecule has 9 heteroatoms. The van der Waals surface area contributed by atoms with Crippen LogP contribution >= 0.6 is 47.4 Å². The zero-order valence-electron chi connectivity index (χ0n) is 12.7. The van der Waals surface area contributed by atoms with Crippen molar-refractivity contribution >= 4 is 47.4 Å². The number of nitrogens with zero attached hydrogens (tertiary/aromatic N) is 3. The van der Waals surface area contributed by atoms with Gasteiger partial charge in [-0.2, -0.15) is 4.98 Å². The van der Waals surface area contributed by atoms with Crippen LogP contribution in [0.4, 0.5) is 0 Å². The number of piperazine rings is 1. The first-order valence-corrected chi connectivity index (χ1v) is 8.86. The van der Waals surface area contributed by atoms with Crippen molar-refractivity contribution in [1.82, 2.24) is 20.4 Å². The van der Waals surface area contributed by atoms with Crippen LogP contribution in [0.25, 0.3) is 11.5 Å². The number of hydrogen-bond acceptors (Lipinski definition) is 6. The highest BCUT2D eigenvalue weighted by Gasteiger charge is 2.26. The molecule has 0 bridgehead atoms. The van der Waals surface area contributed by atoms with Crippen LogP contribution in [0.3, 0.4) is 0 Å². The Labute approximate surface area is 155 Å². The third-order valence-electron chi connectivity index (χ3n) is 3.72. The number of benzene rings is 1. The predicted molar refractivity (Wildman–Crippen MR) is 97.0 cm³/mol. The fraction of sp³-hybridized carbons (Fsp3) is 0.429. The van der Waals surface area contributed by atoms with E-state index in [-0.39, 0.29) is 18.4 Å². The van der Waals surface area contributed by atoms with Crippen LogP contribution in [0.2, 0.25) is 10.0 Å². The molecule has 0 amide bonds. The molecule has 0 spiro atoms. The van der Waals surface area contributed by atoms with E-state index in [4.69, 9.17) is 27.7 Å². The first-order valence-electron chi connectivity index (χ1n) is 6.88. The summed E-state index contributed by atoms with van der Waals surface area (Å²) in [6, 6.07) is 3.70. The first kappa shape index (κ1) is 18.8. The maximum absolute atomic E-state index is 6.27. The summed E-state index contributed by atoms with van der Waals surface area (Å²) in [5.41, 5.74) is 0.709. The van der Waals surface area contributed by atoms with E-state index in [2.05, 4.69) is 27.4 Å². The summed E-state index contributed by atoms with van der Waals surface area (Å²) in [6.07, 6.45) is 1.96. The summed E-state index contributed by atoms with van der Waals surface area (Å²) in [5, 5.41) is 8.59. The van der Waals surface area contributed by atoms with E-state index in [1.54, 1.807) is 17.8 Å². The molecule has 1 aliphatic heterocycles. The van der Waals surface area contributed by atoms with Crippen molar-refractivity contribution in [3.63, 3.8) is 0 Å². The minimum atomic E-state index is 0. The Morgan fingerprint density at radius 3 is 2.83 bits per heavy atom. The highest BCUT2D eigenvalue weighted by molar-refractivity contribution is 7.98. The predicted octanol–water partition coefficient (Wildman–Crippen LogP) is 3.76. The molecule has 0 aliphatic carbocycles. The Morgan fingerprint density at radius 2 is 2.13 bits per heavy atom. The van der Waals surface area contributed by atoms with Crippen LogP contribution in [-0.2, 0) is 0 Å². The summed E-state index contributed by atoms with van der Waals surface area (Å²) < 4.78 is 5.42. The lowest BCUT2D eigenvalue weighted by Gasteiger charge is -2.30. The monoisotopic (exact) mass is 394 g/mol. The van der Waals surface area contributed by atoms with Gasteiger partial charge < -0.3 is 9.84 Å². The number of thioether (sulfide) groups is 1. The lowest BCUT2D eigenvalue weighted by atomic mass is 10.2. The van der Waals surface area contributed by atoms with Crippen molar-refractivity contribution in [3.8, 4) is 11.5 Å². The Hall–Kier alpha value is -0.500. The fourth-order valence-electron chi connectivity index (χ4n) is 2.42. The van der Waals surface area contributed by atoms with Gasteiger partial charge in [-0.3, -0.25) is 4.90 Å². The third-order valence-corrected chi connectivity index (χ3v) is 5.24. The van der Waals surface area contributed by atoms with Gasteiger partial charge in [0.2, 0.25) is 0 Å². The maximum Gasteiger partial charge on any atom is 0.259 e. The van der Waals surface area contributed by atoms with Gasteiger partial charge in [0.05, 0.1) is 21.7 Å². The second kappa shape index (κ2) is 8.05. The molecule has 1 unspecified atom stereocenters. The second-order valence-electron chi connectivity index (χ2n) is 5.12. The topological polar surface area (TPSA) is 54.2 Å². The molecule has 1 N–H and O–H groups in total.